The monoisotopic (exact) mass is 906 g/mol. The van der Waals surface area contributed by atoms with Gasteiger partial charge < -0.3 is 30.9 Å². The maximum Gasteiger partial charge on any atom is 0.329 e. The second kappa shape index (κ2) is 22.7. The Hall–Kier alpha value is -4.68. The number of carbonyl (C=O) groups is 5. The zero-order valence-corrected chi connectivity index (χ0v) is 39.7. The molecule has 2 aliphatic carbocycles. The maximum atomic E-state index is 15.0. The number of benzene rings is 3. The second-order valence-corrected chi connectivity index (χ2v) is 20.2. The standard InChI is InChI=1S/C53H71N5O6S/c1-5-35(3)46(56-49(60)45-33-37-21-16-19-31-44(37)58(45)51(62)42-30-20-32-54-42)50(61)55-43(48(59)57-47(36(4)6-2)52(63)64-41-28-17-18-29-41)34-65-53(38-22-10-7-11-23-38,39-24-12-8-13-25-39)40-26-14-9-15-27-40/h7-15,22-27,35-37,41-47,54H,5-6,16-21,28-34H2,1-4H3,(H,55,61)(H,56,60)(H,57,59)/t35-,36-,37-,42-,43-,44-,45-,46-,47-/m0/s1. The summed E-state index contributed by atoms with van der Waals surface area (Å²) in [5.41, 5.74) is 3.00. The van der Waals surface area contributed by atoms with Crippen molar-refractivity contribution >= 4 is 41.4 Å². The van der Waals surface area contributed by atoms with Crippen molar-refractivity contribution in [3.05, 3.63) is 108 Å². The highest BCUT2D eigenvalue weighted by atomic mass is 32.2. The van der Waals surface area contributed by atoms with Crippen LogP contribution >= 0.6 is 11.8 Å². The summed E-state index contributed by atoms with van der Waals surface area (Å²) in [7, 11) is 0. The maximum absolute atomic E-state index is 15.0. The number of carbonyl (C=O) groups excluding carboxylic acids is 5. The molecular weight excluding hydrogens is 835 g/mol. The zero-order chi connectivity index (χ0) is 45.9. The summed E-state index contributed by atoms with van der Waals surface area (Å²) in [6.07, 6.45) is 10.8. The van der Waals surface area contributed by atoms with Gasteiger partial charge in [-0.25, -0.2) is 4.79 Å². The van der Waals surface area contributed by atoms with Gasteiger partial charge in [-0.3, -0.25) is 19.2 Å². The van der Waals surface area contributed by atoms with Gasteiger partial charge in [-0.2, -0.15) is 0 Å². The Labute approximate surface area is 390 Å². The molecule has 9 atom stereocenters. The molecule has 7 rings (SSSR count). The summed E-state index contributed by atoms with van der Waals surface area (Å²) < 4.78 is 5.18. The predicted molar refractivity (Wildman–Crippen MR) is 257 cm³/mol. The zero-order valence-electron chi connectivity index (χ0n) is 38.8. The quantitative estimate of drug-likeness (QED) is 0.0710. The number of thioether (sulfide) groups is 1. The smallest absolute Gasteiger partial charge is 0.329 e. The lowest BCUT2D eigenvalue weighted by molar-refractivity contribution is -0.154. The van der Waals surface area contributed by atoms with Crippen molar-refractivity contribution in [1.82, 2.24) is 26.2 Å². The lowest BCUT2D eigenvalue weighted by Gasteiger charge is -2.37. The van der Waals surface area contributed by atoms with Crippen LogP contribution in [0.4, 0.5) is 0 Å². The summed E-state index contributed by atoms with van der Waals surface area (Å²) in [5.74, 6) is -1.98. The summed E-state index contributed by atoms with van der Waals surface area (Å²) in [5, 5.41) is 12.7. The molecule has 350 valence electrons. The lowest BCUT2D eigenvalue weighted by atomic mass is 9.84. The minimum absolute atomic E-state index is 0.00769. The number of amides is 4. The van der Waals surface area contributed by atoms with Gasteiger partial charge in [0.1, 0.15) is 30.3 Å². The predicted octanol–water partition coefficient (Wildman–Crippen LogP) is 7.66. The first-order valence-corrected chi connectivity index (χ1v) is 25.5. The highest BCUT2D eigenvalue weighted by Gasteiger charge is 2.50. The number of fused-ring (bicyclic) bond motifs is 1. The van der Waals surface area contributed by atoms with Gasteiger partial charge >= 0.3 is 5.97 Å². The Morgan fingerprint density at radius 2 is 1.25 bits per heavy atom. The van der Waals surface area contributed by atoms with E-state index in [-0.39, 0.29) is 53.5 Å². The van der Waals surface area contributed by atoms with E-state index in [1.54, 1.807) is 11.8 Å². The first-order chi connectivity index (χ1) is 31.5. The molecule has 4 aliphatic rings. The van der Waals surface area contributed by atoms with Crippen LogP contribution in [0.15, 0.2) is 91.0 Å². The summed E-state index contributed by atoms with van der Waals surface area (Å²) in [6, 6.07) is 26.5. The molecule has 65 heavy (non-hydrogen) atoms. The van der Waals surface area contributed by atoms with E-state index >= 15 is 0 Å². The van der Waals surface area contributed by atoms with E-state index in [0.717, 1.165) is 87.4 Å². The van der Waals surface area contributed by atoms with Crippen LogP contribution in [0.1, 0.15) is 128 Å². The number of rotatable bonds is 19. The van der Waals surface area contributed by atoms with Gasteiger partial charge in [-0.1, -0.05) is 144 Å². The van der Waals surface area contributed by atoms with Crippen LogP contribution in [0.25, 0.3) is 0 Å². The van der Waals surface area contributed by atoms with Crippen molar-refractivity contribution < 1.29 is 28.7 Å². The molecule has 3 aromatic carbocycles. The lowest BCUT2D eigenvalue weighted by Crippen LogP contribution is -2.61. The molecule has 0 unspecified atom stereocenters. The average Bonchev–Trinajstić information content (AvgIpc) is 4.15. The van der Waals surface area contributed by atoms with Gasteiger partial charge in [0, 0.05) is 11.8 Å². The molecule has 3 aromatic rings. The Kier molecular flexibility index (Phi) is 16.8. The minimum atomic E-state index is -1.13. The Morgan fingerprint density at radius 1 is 0.692 bits per heavy atom. The van der Waals surface area contributed by atoms with Crippen molar-refractivity contribution in [2.45, 2.75) is 158 Å². The Balaban J connectivity index is 1.21. The fourth-order valence-corrected chi connectivity index (χ4v) is 12.2. The summed E-state index contributed by atoms with van der Waals surface area (Å²) in [6.45, 7) is 8.59. The Morgan fingerprint density at radius 3 is 1.80 bits per heavy atom. The first-order valence-electron chi connectivity index (χ1n) is 24.5. The summed E-state index contributed by atoms with van der Waals surface area (Å²) >= 11 is 1.54. The van der Waals surface area contributed by atoms with Crippen molar-refractivity contribution in [2.24, 2.45) is 17.8 Å². The van der Waals surface area contributed by atoms with Crippen LogP contribution < -0.4 is 21.3 Å². The molecule has 2 aliphatic heterocycles. The van der Waals surface area contributed by atoms with E-state index in [1.165, 1.54) is 0 Å². The van der Waals surface area contributed by atoms with Crippen LogP contribution in [-0.4, -0.2) is 89.2 Å². The van der Waals surface area contributed by atoms with Gasteiger partial charge in [0.05, 0.1) is 10.8 Å². The van der Waals surface area contributed by atoms with E-state index in [1.807, 2.05) is 87.2 Å². The molecule has 0 radical (unpaired) electrons. The van der Waals surface area contributed by atoms with E-state index in [4.69, 9.17) is 4.74 Å². The Bertz CT molecular complexity index is 1950. The molecule has 0 spiro atoms. The SMILES string of the molecule is CC[C@H](C)[C@H](NC(=O)[C@@H]1C[C@@H]2CCCC[C@@H]2N1C(=O)[C@@H]1CCCN1)C(=O)N[C@@H](CSC(c1ccccc1)(c1ccccc1)c1ccccc1)C(=O)N[C@H](C(=O)OC1CCCC1)[C@@H](C)CC. The third-order valence-corrected chi connectivity index (χ3v) is 16.4. The normalized spacial score (nSPS) is 23.4. The van der Waals surface area contributed by atoms with Crippen molar-refractivity contribution in [3.8, 4) is 0 Å². The average molecular weight is 906 g/mol. The molecule has 4 N–H and O–H groups in total. The fourth-order valence-electron chi connectivity index (χ4n) is 10.6. The van der Waals surface area contributed by atoms with Gasteiger partial charge in [-0.05, 0) is 98.8 Å². The second-order valence-electron chi connectivity index (χ2n) is 19.0. The van der Waals surface area contributed by atoms with E-state index in [9.17, 15) is 24.0 Å². The molecule has 4 fully saturated rings. The highest BCUT2D eigenvalue weighted by Crippen LogP contribution is 2.49. The molecule has 0 bridgehead atoms. The molecular formula is C53H71N5O6S. The third-order valence-electron chi connectivity index (χ3n) is 14.8. The molecule has 11 nitrogen and oxygen atoms in total. The van der Waals surface area contributed by atoms with Crippen LogP contribution in [0.2, 0.25) is 0 Å². The first kappa shape index (κ1) is 48.3. The van der Waals surface area contributed by atoms with Gasteiger partial charge in [-0.15, -0.1) is 11.8 Å². The van der Waals surface area contributed by atoms with E-state index < -0.39 is 46.7 Å². The molecule has 2 saturated heterocycles. The van der Waals surface area contributed by atoms with E-state index in [2.05, 4.69) is 57.7 Å². The fraction of sp³-hybridized carbons (Fsp3) is 0.566. The largest absolute Gasteiger partial charge is 0.461 e. The number of esters is 1. The number of likely N-dealkylation sites (tertiary alicyclic amines) is 1. The van der Waals surface area contributed by atoms with Crippen LogP contribution in [0.3, 0.4) is 0 Å². The van der Waals surface area contributed by atoms with Crippen molar-refractivity contribution in [3.63, 3.8) is 0 Å². The number of hydrogen-bond donors (Lipinski definition) is 4. The summed E-state index contributed by atoms with van der Waals surface area (Å²) in [4.78, 5) is 74.4. The molecule has 0 aromatic heterocycles. The third kappa shape index (κ3) is 11.1. The molecule has 12 heteroatoms. The highest BCUT2D eigenvalue weighted by molar-refractivity contribution is 8.00. The van der Waals surface area contributed by atoms with Gasteiger partial charge in [0.25, 0.3) is 0 Å². The van der Waals surface area contributed by atoms with Crippen LogP contribution in [-0.2, 0) is 33.5 Å². The molecule has 2 saturated carbocycles. The van der Waals surface area contributed by atoms with Crippen LogP contribution in [0.5, 0.6) is 0 Å². The van der Waals surface area contributed by atoms with Crippen molar-refractivity contribution in [2.75, 3.05) is 12.3 Å². The van der Waals surface area contributed by atoms with E-state index in [0.29, 0.717) is 19.3 Å². The van der Waals surface area contributed by atoms with Gasteiger partial charge in [0.15, 0.2) is 0 Å². The van der Waals surface area contributed by atoms with Crippen molar-refractivity contribution in [1.29, 1.82) is 0 Å². The van der Waals surface area contributed by atoms with Gasteiger partial charge in [0.2, 0.25) is 23.6 Å². The number of nitrogens with zero attached hydrogens (tertiary/aromatic N) is 1. The number of nitrogens with one attached hydrogen (secondary N) is 4. The van der Waals surface area contributed by atoms with Crippen LogP contribution in [0, 0.1) is 17.8 Å². The molecule has 2 heterocycles. The molecule has 4 amide bonds. The topological polar surface area (TPSA) is 146 Å². The minimum Gasteiger partial charge on any atom is -0.461 e. The number of hydrogen-bond acceptors (Lipinski definition) is 8. The number of ether oxygens (including phenoxy) is 1.